The first kappa shape index (κ1) is 27.1. The van der Waals surface area contributed by atoms with E-state index >= 15 is 0 Å². The Kier molecular flexibility index (Phi) is 9.13. The number of hydrogen-bond donors (Lipinski definition) is 3. The molecule has 1 saturated heterocycles. The predicted octanol–water partition coefficient (Wildman–Crippen LogP) is 0.298. The van der Waals surface area contributed by atoms with Crippen LogP contribution < -0.4 is 20.3 Å². The van der Waals surface area contributed by atoms with Crippen LogP contribution in [-0.2, 0) is 25.5 Å². The lowest BCUT2D eigenvalue weighted by Crippen LogP contribution is -2.56. The number of nitrogens with one attached hydrogen (secondary N) is 2. The SMILES string of the molecule is CCOC(=O)CC1C(=O)NCCN1c1ncnc(N[C@@H](Cc2ccc(OC(=O)N(C)C)cc2)C(=O)O)n1. The van der Waals surface area contributed by atoms with Gasteiger partial charge in [-0.3, -0.25) is 9.59 Å². The summed E-state index contributed by atoms with van der Waals surface area (Å²) in [4.78, 5) is 63.3. The first-order valence-electron chi connectivity index (χ1n) is 11.5. The van der Waals surface area contributed by atoms with Gasteiger partial charge in [-0.2, -0.15) is 4.98 Å². The van der Waals surface area contributed by atoms with Crippen LogP contribution in [-0.4, -0.2) is 94.8 Å². The molecule has 2 atom stereocenters. The van der Waals surface area contributed by atoms with Crippen LogP contribution in [0.1, 0.15) is 18.9 Å². The van der Waals surface area contributed by atoms with Crippen LogP contribution in [0.2, 0.25) is 0 Å². The minimum Gasteiger partial charge on any atom is -0.480 e. The fraction of sp³-hybridized carbons (Fsp3) is 0.435. The van der Waals surface area contributed by atoms with Crippen LogP contribution >= 0.6 is 0 Å². The molecule has 37 heavy (non-hydrogen) atoms. The third-order valence-corrected chi connectivity index (χ3v) is 5.35. The number of aliphatic carboxylic acids is 1. The van der Waals surface area contributed by atoms with Crippen LogP contribution in [0.3, 0.4) is 0 Å². The molecule has 1 aliphatic heterocycles. The van der Waals surface area contributed by atoms with Gasteiger partial charge in [-0.15, -0.1) is 0 Å². The van der Waals surface area contributed by atoms with Crippen molar-refractivity contribution in [1.82, 2.24) is 25.2 Å². The average Bonchev–Trinajstić information content (AvgIpc) is 2.86. The molecule has 2 heterocycles. The number of ether oxygens (including phenoxy) is 2. The molecule has 198 valence electrons. The minimum atomic E-state index is -1.14. The maximum absolute atomic E-state index is 12.4. The number of hydrogen-bond acceptors (Lipinski definition) is 11. The first-order valence-corrected chi connectivity index (χ1v) is 11.5. The zero-order valence-electron chi connectivity index (χ0n) is 20.7. The smallest absolute Gasteiger partial charge is 0.414 e. The van der Waals surface area contributed by atoms with Crippen LogP contribution in [0.15, 0.2) is 30.6 Å². The van der Waals surface area contributed by atoms with Crippen molar-refractivity contribution in [2.75, 3.05) is 44.0 Å². The summed E-state index contributed by atoms with van der Waals surface area (Å²) in [5.74, 6) is -1.59. The summed E-state index contributed by atoms with van der Waals surface area (Å²) >= 11 is 0. The molecule has 0 spiro atoms. The Morgan fingerprint density at radius 2 is 1.97 bits per heavy atom. The third-order valence-electron chi connectivity index (χ3n) is 5.35. The summed E-state index contributed by atoms with van der Waals surface area (Å²) in [5.41, 5.74) is 0.668. The summed E-state index contributed by atoms with van der Waals surface area (Å²) in [5, 5.41) is 15.2. The number of carbonyl (C=O) groups excluding carboxylic acids is 3. The highest BCUT2D eigenvalue weighted by Gasteiger charge is 2.34. The number of amides is 2. The van der Waals surface area contributed by atoms with E-state index in [0.29, 0.717) is 24.4 Å². The van der Waals surface area contributed by atoms with Crippen molar-refractivity contribution < 1.29 is 33.8 Å². The van der Waals surface area contributed by atoms with Gasteiger partial charge in [0.05, 0.1) is 13.0 Å². The molecule has 0 saturated carbocycles. The number of rotatable bonds is 10. The van der Waals surface area contributed by atoms with E-state index in [4.69, 9.17) is 9.47 Å². The fourth-order valence-corrected chi connectivity index (χ4v) is 3.51. The molecule has 1 fully saturated rings. The monoisotopic (exact) mass is 515 g/mol. The highest BCUT2D eigenvalue weighted by atomic mass is 16.6. The summed E-state index contributed by atoms with van der Waals surface area (Å²) in [6.07, 6.45) is 0.562. The number of aromatic nitrogens is 3. The molecule has 0 aliphatic carbocycles. The molecular weight excluding hydrogens is 486 g/mol. The van der Waals surface area contributed by atoms with Gasteiger partial charge < -0.3 is 35.0 Å². The molecule has 1 aromatic carbocycles. The summed E-state index contributed by atoms with van der Waals surface area (Å²) < 4.78 is 10.1. The van der Waals surface area contributed by atoms with Crippen molar-refractivity contribution in [3.05, 3.63) is 36.2 Å². The lowest BCUT2D eigenvalue weighted by Gasteiger charge is -2.34. The van der Waals surface area contributed by atoms with Crippen LogP contribution in [0.25, 0.3) is 0 Å². The standard InChI is InChI=1S/C23H29N7O7/c1-4-36-18(31)12-17-19(32)24-9-10-30(17)22-26-13-25-21(28-22)27-16(20(33)34)11-14-5-7-15(8-6-14)37-23(35)29(2)3/h5-8,13,16-17H,4,9-12H2,1-3H3,(H,24,32)(H,33,34)(H,25,26,27,28)/t16-,17?/m0/s1. The van der Waals surface area contributed by atoms with Gasteiger partial charge in [0.1, 0.15) is 24.2 Å². The average molecular weight is 516 g/mol. The number of carboxylic acid groups (broad SMARTS) is 1. The second kappa shape index (κ2) is 12.5. The Balaban J connectivity index is 1.72. The second-order valence-electron chi connectivity index (χ2n) is 8.26. The van der Waals surface area contributed by atoms with Gasteiger partial charge in [0.15, 0.2) is 0 Å². The van der Waals surface area contributed by atoms with Crippen molar-refractivity contribution in [1.29, 1.82) is 0 Å². The highest BCUT2D eigenvalue weighted by Crippen LogP contribution is 2.19. The molecule has 2 aromatic rings. The molecule has 0 radical (unpaired) electrons. The summed E-state index contributed by atoms with van der Waals surface area (Å²) in [7, 11) is 3.12. The van der Waals surface area contributed by atoms with Crippen molar-refractivity contribution >= 4 is 35.8 Å². The maximum atomic E-state index is 12.4. The molecule has 1 aromatic heterocycles. The highest BCUT2D eigenvalue weighted by molar-refractivity contribution is 5.90. The van der Waals surface area contributed by atoms with Gasteiger partial charge in [0.25, 0.3) is 0 Å². The van der Waals surface area contributed by atoms with Gasteiger partial charge in [-0.1, -0.05) is 12.1 Å². The Morgan fingerprint density at radius 1 is 1.24 bits per heavy atom. The number of esters is 1. The number of piperazine rings is 1. The largest absolute Gasteiger partial charge is 0.480 e. The Bertz CT molecular complexity index is 1130. The number of nitrogens with zero attached hydrogens (tertiary/aromatic N) is 5. The van der Waals surface area contributed by atoms with E-state index in [9.17, 15) is 24.3 Å². The topological polar surface area (TPSA) is 176 Å². The molecular formula is C23H29N7O7. The third kappa shape index (κ3) is 7.49. The first-order chi connectivity index (χ1) is 17.7. The van der Waals surface area contributed by atoms with E-state index in [1.54, 1.807) is 50.2 Å². The lowest BCUT2D eigenvalue weighted by molar-refractivity contribution is -0.145. The van der Waals surface area contributed by atoms with Crippen LogP contribution in [0, 0.1) is 0 Å². The lowest BCUT2D eigenvalue weighted by atomic mass is 10.1. The Labute approximate surface area is 213 Å². The maximum Gasteiger partial charge on any atom is 0.414 e. The molecule has 0 bridgehead atoms. The Hall–Kier alpha value is -4.49. The molecule has 2 amide bonds. The van der Waals surface area contributed by atoms with E-state index in [0.717, 1.165) is 0 Å². The van der Waals surface area contributed by atoms with E-state index in [1.165, 1.54) is 11.2 Å². The number of anilines is 2. The number of carbonyl (C=O) groups is 4. The van der Waals surface area contributed by atoms with Crippen molar-refractivity contribution in [2.24, 2.45) is 0 Å². The summed E-state index contributed by atoms with van der Waals surface area (Å²) in [6.45, 7) is 2.53. The minimum absolute atomic E-state index is 0.00482. The van der Waals surface area contributed by atoms with Gasteiger partial charge >= 0.3 is 18.0 Å². The van der Waals surface area contributed by atoms with Gasteiger partial charge in [-0.25, -0.2) is 19.6 Å². The van der Waals surface area contributed by atoms with Gasteiger partial charge in [0, 0.05) is 33.6 Å². The van der Waals surface area contributed by atoms with E-state index in [-0.39, 0.29) is 37.3 Å². The number of carboxylic acids is 1. The molecule has 3 N–H and O–H groups in total. The van der Waals surface area contributed by atoms with Crippen LogP contribution in [0.4, 0.5) is 16.7 Å². The molecule has 3 rings (SSSR count). The fourth-order valence-electron chi connectivity index (χ4n) is 3.51. The van der Waals surface area contributed by atoms with Crippen molar-refractivity contribution in [3.63, 3.8) is 0 Å². The molecule has 1 aliphatic rings. The normalized spacial score (nSPS) is 15.8. The molecule has 1 unspecified atom stereocenters. The van der Waals surface area contributed by atoms with Crippen molar-refractivity contribution in [2.45, 2.75) is 31.8 Å². The zero-order chi connectivity index (χ0) is 26.9. The quantitative estimate of drug-likeness (QED) is 0.369. The van der Waals surface area contributed by atoms with Gasteiger partial charge in [0.2, 0.25) is 17.8 Å². The predicted molar refractivity (Wildman–Crippen MR) is 130 cm³/mol. The van der Waals surface area contributed by atoms with Crippen LogP contribution in [0.5, 0.6) is 5.75 Å². The van der Waals surface area contributed by atoms with E-state index < -0.39 is 30.1 Å². The second-order valence-corrected chi connectivity index (χ2v) is 8.26. The molecule has 14 heteroatoms. The molecule has 14 nitrogen and oxygen atoms in total. The summed E-state index contributed by atoms with van der Waals surface area (Å²) in [6, 6.07) is 4.48. The number of benzene rings is 1. The van der Waals surface area contributed by atoms with E-state index in [1.807, 2.05) is 0 Å². The van der Waals surface area contributed by atoms with E-state index in [2.05, 4.69) is 25.6 Å². The zero-order valence-corrected chi connectivity index (χ0v) is 20.7. The Morgan fingerprint density at radius 3 is 2.62 bits per heavy atom. The van der Waals surface area contributed by atoms with Gasteiger partial charge in [-0.05, 0) is 24.6 Å². The van der Waals surface area contributed by atoms with Crippen molar-refractivity contribution in [3.8, 4) is 5.75 Å².